The Hall–Kier alpha value is -1.58. The molecule has 0 aliphatic rings. The third-order valence-electron chi connectivity index (χ3n) is 3.45. The average molecular weight is 300 g/mol. The first-order chi connectivity index (χ1) is 9.92. The molecule has 2 aromatic carbocycles. The molecule has 2 nitrogen and oxygen atoms in total. The lowest BCUT2D eigenvalue weighted by molar-refractivity contribution is -0.127. The number of methoxy groups -OCH3 is 1. The van der Waals surface area contributed by atoms with E-state index in [2.05, 4.69) is 31.2 Å². The van der Waals surface area contributed by atoms with Crippen LogP contribution in [0.2, 0.25) is 0 Å². The van der Waals surface area contributed by atoms with E-state index in [9.17, 15) is 4.79 Å². The van der Waals surface area contributed by atoms with Gasteiger partial charge in [0, 0.05) is 12.0 Å². The predicted molar refractivity (Wildman–Crippen MR) is 88.6 cm³/mol. The molecule has 0 amide bonds. The number of ether oxygens (including phenoxy) is 1. The number of carbonyl (C=O) groups is 1. The molecule has 0 atom stereocenters. The molecule has 0 spiro atoms. The van der Waals surface area contributed by atoms with Gasteiger partial charge in [0.1, 0.15) is 5.60 Å². The molecule has 0 saturated carbocycles. The summed E-state index contributed by atoms with van der Waals surface area (Å²) in [5, 5.41) is 0.00749. The van der Waals surface area contributed by atoms with E-state index in [1.807, 2.05) is 24.3 Å². The Morgan fingerprint density at radius 2 is 1.43 bits per heavy atom. The van der Waals surface area contributed by atoms with Crippen molar-refractivity contribution in [1.82, 2.24) is 0 Å². The molecule has 0 bridgehead atoms. The Morgan fingerprint density at radius 3 is 1.90 bits per heavy atom. The molecular formula is C18H20O2S. The molecule has 3 heteroatoms. The van der Waals surface area contributed by atoms with E-state index in [1.54, 1.807) is 21.0 Å². The molecule has 0 heterocycles. The second-order valence-electron chi connectivity index (χ2n) is 5.49. The van der Waals surface area contributed by atoms with Crippen molar-refractivity contribution < 1.29 is 9.53 Å². The summed E-state index contributed by atoms with van der Waals surface area (Å²) in [6.45, 7) is 5.64. The largest absolute Gasteiger partial charge is 0.370 e. The second-order valence-corrected chi connectivity index (χ2v) is 6.54. The van der Waals surface area contributed by atoms with Crippen LogP contribution in [-0.2, 0) is 9.53 Å². The fourth-order valence-corrected chi connectivity index (χ4v) is 2.59. The second kappa shape index (κ2) is 6.46. The van der Waals surface area contributed by atoms with Crippen LogP contribution >= 0.6 is 11.8 Å². The van der Waals surface area contributed by atoms with Crippen molar-refractivity contribution in [2.24, 2.45) is 0 Å². The number of benzene rings is 2. The fraction of sp³-hybridized carbons (Fsp3) is 0.278. The van der Waals surface area contributed by atoms with Crippen LogP contribution < -0.4 is 0 Å². The molecule has 0 saturated heterocycles. The van der Waals surface area contributed by atoms with Crippen LogP contribution in [0, 0.1) is 6.92 Å². The van der Waals surface area contributed by atoms with E-state index in [0.717, 1.165) is 10.5 Å². The summed E-state index contributed by atoms with van der Waals surface area (Å²) >= 11 is 1.22. The summed E-state index contributed by atoms with van der Waals surface area (Å²) in [5.41, 5.74) is 2.82. The molecule has 0 N–H and O–H groups in total. The van der Waals surface area contributed by atoms with Gasteiger partial charge >= 0.3 is 0 Å². The van der Waals surface area contributed by atoms with Crippen LogP contribution in [0.4, 0.5) is 0 Å². The van der Waals surface area contributed by atoms with Gasteiger partial charge in [0.25, 0.3) is 0 Å². The molecule has 2 aromatic rings. The Labute approximate surface area is 130 Å². The van der Waals surface area contributed by atoms with Crippen LogP contribution in [0.1, 0.15) is 19.4 Å². The molecule has 0 unspecified atom stereocenters. The minimum Gasteiger partial charge on any atom is -0.370 e. The van der Waals surface area contributed by atoms with E-state index < -0.39 is 5.60 Å². The number of carbonyl (C=O) groups excluding carboxylic acids is 1. The van der Waals surface area contributed by atoms with Crippen LogP contribution in [0.3, 0.4) is 0 Å². The average Bonchev–Trinajstić information content (AvgIpc) is 2.49. The van der Waals surface area contributed by atoms with Gasteiger partial charge in [-0.05, 0) is 55.8 Å². The van der Waals surface area contributed by atoms with Crippen molar-refractivity contribution in [3.05, 3.63) is 54.1 Å². The van der Waals surface area contributed by atoms with Gasteiger partial charge in [-0.1, -0.05) is 42.0 Å². The van der Waals surface area contributed by atoms with E-state index in [1.165, 1.54) is 22.9 Å². The van der Waals surface area contributed by atoms with Crippen LogP contribution in [-0.4, -0.2) is 17.8 Å². The molecule has 0 radical (unpaired) electrons. The topological polar surface area (TPSA) is 26.3 Å². The first-order valence-electron chi connectivity index (χ1n) is 6.87. The van der Waals surface area contributed by atoms with Crippen LogP contribution in [0.15, 0.2) is 53.4 Å². The third-order valence-corrected chi connectivity index (χ3v) is 4.64. The maximum Gasteiger partial charge on any atom is 0.224 e. The summed E-state index contributed by atoms with van der Waals surface area (Å²) in [6.07, 6.45) is 0. The Bertz CT molecular complexity index is 613. The standard InChI is InChI=1S/C18H20O2S/c1-13-5-7-14(8-6-13)15-9-11-16(12-10-15)21-17(19)18(2,3)20-4/h5-12H,1-4H3. The molecule has 0 fully saturated rings. The number of thioether (sulfide) groups is 1. The lowest BCUT2D eigenvalue weighted by Gasteiger charge is -2.20. The number of aryl methyl sites for hydroxylation is 1. The van der Waals surface area contributed by atoms with Crippen LogP contribution in [0.25, 0.3) is 11.1 Å². The third kappa shape index (κ3) is 3.96. The lowest BCUT2D eigenvalue weighted by Crippen LogP contribution is -2.31. The van der Waals surface area contributed by atoms with Gasteiger partial charge in [0.15, 0.2) is 0 Å². The fourth-order valence-electron chi connectivity index (χ4n) is 1.77. The number of hydrogen-bond acceptors (Lipinski definition) is 3. The van der Waals surface area contributed by atoms with Crippen molar-refractivity contribution in [2.45, 2.75) is 31.3 Å². The van der Waals surface area contributed by atoms with Gasteiger partial charge in [-0.25, -0.2) is 0 Å². The van der Waals surface area contributed by atoms with Crippen molar-refractivity contribution >= 4 is 16.9 Å². The monoisotopic (exact) mass is 300 g/mol. The molecule has 0 aliphatic carbocycles. The van der Waals surface area contributed by atoms with Gasteiger partial charge in [0.2, 0.25) is 5.12 Å². The zero-order valence-corrected chi connectivity index (χ0v) is 13.7. The van der Waals surface area contributed by atoms with E-state index in [4.69, 9.17) is 4.74 Å². The Kier molecular flexibility index (Phi) is 4.86. The Morgan fingerprint density at radius 1 is 0.952 bits per heavy atom. The highest BCUT2D eigenvalue weighted by Crippen LogP contribution is 2.28. The smallest absolute Gasteiger partial charge is 0.224 e. The quantitative estimate of drug-likeness (QED) is 0.765. The highest BCUT2D eigenvalue weighted by Gasteiger charge is 2.27. The molecule has 2 rings (SSSR count). The Balaban J connectivity index is 2.12. The van der Waals surface area contributed by atoms with Crippen molar-refractivity contribution in [1.29, 1.82) is 0 Å². The van der Waals surface area contributed by atoms with Crippen molar-refractivity contribution in [3.8, 4) is 11.1 Å². The minimum atomic E-state index is -0.764. The van der Waals surface area contributed by atoms with E-state index >= 15 is 0 Å². The highest BCUT2D eigenvalue weighted by atomic mass is 32.2. The van der Waals surface area contributed by atoms with Gasteiger partial charge < -0.3 is 4.74 Å². The summed E-state index contributed by atoms with van der Waals surface area (Å²) in [6, 6.07) is 16.5. The number of rotatable bonds is 4. The summed E-state index contributed by atoms with van der Waals surface area (Å²) in [5.74, 6) is 0. The molecule has 21 heavy (non-hydrogen) atoms. The minimum absolute atomic E-state index is 0.00749. The first kappa shape index (κ1) is 15.8. The molecule has 0 aliphatic heterocycles. The highest BCUT2D eigenvalue weighted by molar-refractivity contribution is 8.13. The van der Waals surface area contributed by atoms with Crippen molar-refractivity contribution in [3.63, 3.8) is 0 Å². The number of hydrogen-bond donors (Lipinski definition) is 0. The van der Waals surface area contributed by atoms with Crippen LogP contribution in [0.5, 0.6) is 0 Å². The predicted octanol–water partition coefficient (Wildman–Crippen LogP) is 4.71. The molecule has 110 valence electrons. The van der Waals surface area contributed by atoms with Gasteiger partial charge in [-0.15, -0.1) is 0 Å². The van der Waals surface area contributed by atoms with Gasteiger partial charge in [-0.2, -0.15) is 0 Å². The SMILES string of the molecule is COC(C)(C)C(=O)Sc1ccc(-c2ccc(C)cc2)cc1. The zero-order valence-electron chi connectivity index (χ0n) is 12.8. The maximum absolute atomic E-state index is 12.1. The zero-order chi connectivity index (χ0) is 15.5. The lowest BCUT2D eigenvalue weighted by atomic mass is 10.0. The van der Waals surface area contributed by atoms with Crippen molar-refractivity contribution in [2.75, 3.05) is 7.11 Å². The maximum atomic E-state index is 12.1. The van der Waals surface area contributed by atoms with Gasteiger partial charge in [-0.3, -0.25) is 4.79 Å². The normalized spacial score (nSPS) is 11.4. The summed E-state index contributed by atoms with van der Waals surface area (Å²) in [4.78, 5) is 13.0. The van der Waals surface area contributed by atoms with E-state index in [0.29, 0.717) is 0 Å². The van der Waals surface area contributed by atoms with Gasteiger partial charge in [0.05, 0.1) is 0 Å². The molecular weight excluding hydrogens is 280 g/mol. The summed E-state index contributed by atoms with van der Waals surface area (Å²) < 4.78 is 5.21. The first-order valence-corrected chi connectivity index (χ1v) is 7.68. The summed E-state index contributed by atoms with van der Waals surface area (Å²) in [7, 11) is 1.55. The van der Waals surface area contributed by atoms with E-state index in [-0.39, 0.29) is 5.12 Å². The molecule has 0 aromatic heterocycles.